The number of anilines is 1. The molecule has 1 aromatic heterocycles. The number of amides is 2. The Kier molecular flexibility index (Phi) is 4.90. The summed E-state index contributed by atoms with van der Waals surface area (Å²) in [4.78, 5) is 30.3. The molecule has 1 aliphatic rings. The Labute approximate surface area is 164 Å². The predicted octanol–water partition coefficient (Wildman–Crippen LogP) is 3.50. The maximum Gasteiger partial charge on any atom is 0.239 e. The zero-order valence-corrected chi connectivity index (χ0v) is 16.3. The van der Waals surface area contributed by atoms with Gasteiger partial charge in [0.05, 0.1) is 0 Å². The second-order valence-electron chi connectivity index (χ2n) is 7.52. The summed E-state index contributed by atoms with van der Waals surface area (Å²) in [7, 11) is 0. The zero-order chi connectivity index (χ0) is 19.7. The van der Waals surface area contributed by atoms with Crippen LogP contribution in [-0.4, -0.2) is 29.9 Å². The third-order valence-corrected chi connectivity index (χ3v) is 5.56. The van der Waals surface area contributed by atoms with Crippen molar-refractivity contribution in [3.63, 3.8) is 0 Å². The van der Waals surface area contributed by atoms with E-state index in [0.29, 0.717) is 19.5 Å². The quantitative estimate of drug-likeness (QED) is 0.671. The fourth-order valence-electron chi connectivity index (χ4n) is 4.00. The molecule has 1 aliphatic heterocycles. The molecule has 0 saturated carbocycles. The molecule has 5 heteroatoms. The van der Waals surface area contributed by atoms with Crippen LogP contribution in [-0.2, 0) is 16.0 Å². The van der Waals surface area contributed by atoms with Crippen LogP contribution in [0.25, 0.3) is 10.9 Å². The van der Waals surface area contributed by atoms with E-state index in [1.165, 1.54) is 16.5 Å². The Bertz CT molecular complexity index is 1020. The zero-order valence-electron chi connectivity index (χ0n) is 16.3. The number of carbonyl (C=O) groups is 2. The van der Waals surface area contributed by atoms with Gasteiger partial charge in [-0.15, -0.1) is 0 Å². The van der Waals surface area contributed by atoms with E-state index >= 15 is 0 Å². The predicted molar refractivity (Wildman–Crippen MR) is 111 cm³/mol. The molecule has 1 saturated heterocycles. The molecule has 144 valence electrons. The van der Waals surface area contributed by atoms with Crippen molar-refractivity contribution in [2.24, 2.45) is 5.92 Å². The summed E-state index contributed by atoms with van der Waals surface area (Å²) >= 11 is 0. The lowest BCUT2D eigenvalue weighted by molar-refractivity contribution is -0.132. The molecule has 0 radical (unpaired) electrons. The van der Waals surface area contributed by atoms with Crippen molar-refractivity contribution in [3.8, 4) is 0 Å². The second-order valence-corrected chi connectivity index (χ2v) is 7.52. The Morgan fingerprint density at radius 3 is 2.75 bits per heavy atom. The molecule has 3 aromatic rings. The largest absolute Gasteiger partial charge is 0.361 e. The second kappa shape index (κ2) is 7.50. The Balaban J connectivity index is 1.36. The van der Waals surface area contributed by atoms with Gasteiger partial charge in [-0.2, -0.15) is 0 Å². The first kappa shape index (κ1) is 18.3. The summed E-state index contributed by atoms with van der Waals surface area (Å²) in [6, 6.07) is 14.0. The van der Waals surface area contributed by atoms with Crippen molar-refractivity contribution in [2.75, 3.05) is 18.0 Å². The van der Waals surface area contributed by atoms with Crippen LogP contribution in [0.4, 0.5) is 5.69 Å². The van der Waals surface area contributed by atoms with Gasteiger partial charge < -0.3 is 15.2 Å². The van der Waals surface area contributed by atoms with Crippen molar-refractivity contribution in [1.82, 2.24) is 10.3 Å². The number of aryl methyl sites for hydroxylation is 2. The standard InChI is InChI=1S/C23H25N3O2/c1-15-6-8-18(9-7-15)26-13-11-19(23(26)28)22(27)24-12-10-17-14-25-20-5-3-4-16(2)21(17)20/h3-9,14,19,25H,10-13H2,1-2H3,(H,24,27). The Morgan fingerprint density at radius 2 is 1.96 bits per heavy atom. The number of aromatic nitrogens is 1. The number of nitrogens with one attached hydrogen (secondary N) is 2. The van der Waals surface area contributed by atoms with Gasteiger partial charge in [-0.05, 0) is 56.0 Å². The highest BCUT2D eigenvalue weighted by Gasteiger charge is 2.37. The van der Waals surface area contributed by atoms with Crippen molar-refractivity contribution < 1.29 is 9.59 Å². The average molecular weight is 375 g/mol. The number of benzene rings is 2. The highest BCUT2D eigenvalue weighted by atomic mass is 16.2. The molecular formula is C23H25N3O2. The number of H-pyrrole nitrogens is 1. The minimum absolute atomic E-state index is 0.107. The smallest absolute Gasteiger partial charge is 0.239 e. The van der Waals surface area contributed by atoms with E-state index in [9.17, 15) is 9.59 Å². The first-order chi connectivity index (χ1) is 13.5. The summed E-state index contributed by atoms with van der Waals surface area (Å²) in [5.41, 5.74) is 5.53. The summed E-state index contributed by atoms with van der Waals surface area (Å²) in [5, 5.41) is 4.18. The van der Waals surface area contributed by atoms with E-state index in [-0.39, 0.29) is 11.8 Å². The molecular weight excluding hydrogens is 350 g/mol. The van der Waals surface area contributed by atoms with Gasteiger partial charge in [0, 0.05) is 35.9 Å². The highest BCUT2D eigenvalue weighted by molar-refractivity contribution is 6.09. The molecule has 2 heterocycles. The number of hydrogen-bond acceptors (Lipinski definition) is 2. The van der Waals surface area contributed by atoms with Gasteiger partial charge in [0.2, 0.25) is 11.8 Å². The number of carbonyl (C=O) groups excluding carboxylic acids is 2. The Morgan fingerprint density at radius 1 is 1.18 bits per heavy atom. The van der Waals surface area contributed by atoms with Crippen LogP contribution in [0.2, 0.25) is 0 Å². The molecule has 2 N–H and O–H groups in total. The molecule has 2 amide bonds. The van der Waals surface area contributed by atoms with Gasteiger partial charge >= 0.3 is 0 Å². The van der Waals surface area contributed by atoms with Crippen molar-refractivity contribution in [2.45, 2.75) is 26.7 Å². The fourth-order valence-corrected chi connectivity index (χ4v) is 4.00. The lowest BCUT2D eigenvalue weighted by Gasteiger charge is -2.17. The lowest BCUT2D eigenvalue weighted by atomic mass is 10.0. The Hall–Kier alpha value is -3.08. The van der Waals surface area contributed by atoms with Gasteiger partial charge in [-0.25, -0.2) is 0 Å². The highest BCUT2D eigenvalue weighted by Crippen LogP contribution is 2.26. The fraction of sp³-hybridized carbons (Fsp3) is 0.304. The van der Waals surface area contributed by atoms with Gasteiger partial charge in [0.1, 0.15) is 5.92 Å². The van der Waals surface area contributed by atoms with Crippen LogP contribution < -0.4 is 10.2 Å². The molecule has 0 aliphatic carbocycles. The van der Waals surface area contributed by atoms with Crippen LogP contribution in [0.5, 0.6) is 0 Å². The van der Waals surface area contributed by atoms with E-state index in [0.717, 1.165) is 23.2 Å². The SMILES string of the molecule is Cc1ccc(N2CCC(C(=O)NCCc3c[nH]c4cccc(C)c34)C2=O)cc1. The lowest BCUT2D eigenvalue weighted by Crippen LogP contribution is -2.37. The summed E-state index contributed by atoms with van der Waals surface area (Å²) < 4.78 is 0. The van der Waals surface area contributed by atoms with Crippen LogP contribution >= 0.6 is 0 Å². The number of fused-ring (bicyclic) bond motifs is 1. The van der Waals surface area contributed by atoms with Crippen molar-refractivity contribution >= 4 is 28.4 Å². The molecule has 4 rings (SSSR count). The summed E-state index contributed by atoms with van der Waals surface area (Å²) in [6.07, 6.45) is 3.30. The van der Waals surface area contributed by atoms with E-state index in [1.807, 2.05) is 43.5 Å². The molecule has 1 unspecified atom stereocenters. The third kappa shape index (κ3) is 3.40. The van der Waals surface area contributed by atoms with Crippen LogP contribution in [0, 0.1) is 19.8 Å². The van der Waals surface area contributed by atoms with E-state index in [4.69, 9.17) is 0 Å². The first-order valence-corrected chi connectivity index (χ1v) is 9.76. The normalized spacial score (nSPS) is 16.7. The molecule has 1 atom stereocenters. The molecule has 0 spiro atoms. The molecule has 0 bridgehead atoms. The average Bonchev–Trinajstić information content (AvgIpc) is 3.27. The van der Waals surface area contributed by atoms with Crippen LogP contribution in [0.1, 0.15) is 23.1 Å². The number of aromatic amines is 1. The maximum atomic E-state index is 12.7. The molecule has 1 fully saturated rings. The van der Waals surface area contributed by atoms with Crippen LogP contribution in [0.15, 0.2) is 48.7 Å². The van der Waals surface area contributed by atoms with Gasteiger partial charge in [-0.3, -0.25) is 9.59 Å². The minimum atomic E-state index is -0.592. The van der Waals surface area contributed by atoms with E-state index in [2.05, 4.69) is 29.4 Å². The number of nitrogens with zero attached hydrogens (tertiary/aromatic N) is 1. The van der Waals surface area contributed by atoms with E-state index in [1.54, 1.807) is 4.90 Å². The van der Waals surface area contributed by atoms with E-state index < -0.39 is 5.92 Å². The van der Waals surface area contributed by atoms with Gasteiger partial charge in [0.25, 0.3) is 0 Å². The van der Waals surface area contributed by atoms with Crippen molar-refractivity contribution in [3.05, 3.63) is 65.4 Å². The molecule has 2 aromatic carbocycles. The maximum absolute atomic E-state index is 12.7. The third-order valence-electron chi connectivity index (χ3n) is 5.56. The summed E-state index contributed by atoms with van der Waals surface area (Å²) in [5.74, 6) is -0.869. The summed E-state index contributed by atoms with van der Waals surface area (Å²) in [6.45, 7) is 5.21. The monoisotopic (exact) mass is 375 g/mol. The van der Waals surface area contributed by atoms with Gasteiger partial charge in [-0.1, -0.05) is 29.8 Å². The minimum Gasteiger partial charge on any atom is -0.361 e. The number of hydrogen-bond donors (Lipinski definition) is 2. The first-order valence-electron chi connectivity index (χ1n) is 9.76. The molecule has 28 heavy (non-hydrogen) atoms. The number of rotatable bonds is 5. The van der Waals surface area contributed by atoms with Gasteiger partial charge in [0.15, 0.2) is 0 Å². The van der Waals surface area contributed by atoms with Crippen molar-refractivity contribution in [1.29, 1.82) is 0 Å². The molecule has 5 nitrogen and oxygen atoms in total. The topological polar surface area (TPSA) is 65.2 Å². The van der Waals surface area contributed by atoms with Crippen LogP contribution in [0.3, 0.4) is 0 Å².